The van der Waals surface area contributed by atoms with Crippen LogP contribution >= 0.6 is 0 Å². The largest absolute Gasteiger partial charge is 0.480 e. The molecule has 2 unspecified atom stereocenters. The molecule has 1 fully saturated rings. The lowest BCUT2D eigenvalue weighted by atomic mass is 9.70. The van der Waals surface area contributed by atoms with E-state index in [1.807, 2.05) is 0 Å². The highest BCUT2D eigenvalue weighted by molar-refractivity contribution is 5.88. The average molecular weight is 272 g/mol. The van der Waals surface area contributed by atoms with Crippen molar-refractivity contribution >= 4 is 11.9 Å². The van der Waals surface area contributed by atoms with Gasteiger partial charge in [0.25, 0.3) is 0 Å². The van der Waals surface area contributed by atoms with Crippen LogP contribution in [0.5, 0.6) is 0 Å². The SMILES string of the molecule is CC1CCC(CN)(C(=O)NC(C(=O)O)C(C)O)CC1. The van der Waals surface area contributed by atoms with Crippen molar-refractivity contribution in [2.45, 2.75) is 51.7 Å². The lowest BCUT2D eigenvalue weighted by Gasteiger charge is -2.38. The topological polar surface area (TPSA) is 113 Å². The second-order valence-electron chi connectivity index (χ2n) is 5.70. The Morgan fingerprint density at radius 1 is 1.42 bits per heavy atom. The zero-order valence-corrected chi connectivity index (χ0v) is 11.6. The fraction of sp³-hybridized carbons (Fsp3) is 0.846. The summed E-state index contributed by atoms with van der Waals surface area (Å²) >= 11 is 0. The van der Waals surface area contributed by atoms with Crippen molar-refractivity contribution in [3.63, 3.8) is 0 Å². The third-order valence-electron chi connectivity index (χ3n) is 4.14. The number of rotatable bonds is 5. The maximum Gasteiger partial charge on any atom is 0.328 e. The molecule has 0 saturated heterocycles. The van der Waals surface area contributed by atoms with Gasteiger partial charge in [-0.05, 0) is 38.5 Å². The van der Waals surface area contributed by atoms with Crippen LogP contribution in [0.25, 0.3) is 0 Å². The first-order chi connectivity index (χ1) is 8.82. The highest BCUT2D eigenvalue weighted by atomic mass is 16.4. The fourth-order valence-corrected chi connectivity index (χ4v) is 2.52. The number of carboxylic acids is 1. The molecule has 19 heavy (non-hydrogen) atoms. The van der Waals surface area contributed by atoms with E-state index in [0.29, 0.717) is 18.8 Å². The predicted octanol–water partition coefficient (Wildman–Crippen LogP) is 0.0918. The Bertz CT molecular complexity index is 336. The van der Waals surface area contributed by atoms with Crippen molar-refractivity contribution in [3.8, 4) is 0 Å². The van der Waals surface area contributed by atoms with E-state index in [9.17, 15) is 14.7 Å². The van der Waals surface area contributed by atoms with Gasteiger partial charge in [-0.25, -0.2) is 4.79 Å². The van der Waals surface area contributed by atoms with Gasteiger partial charge < -0.3 is 21.3 Å². The molecule has 0 aliphatic heterocycles. The molecule has 110 valence electrons. The average Bonchev–Trinajstić information content (AvgIpc) is 2.36. The molecule has 2 atom stereocenters. The number of nitrogens with one attached hydrogen (secondary N) is 1. The number of aliphatic hydroxyl groups is 1. The van der Waals surface area contributed by atoms with Crippen molar-refractivity contribution in [2.24, 2.45) is 17.1 Å². The summed E-state index contributed by atoms with van der Waals surface area (Å²) in [5.74, 6) is -1.02. The molecule has 1 amide bonds. The lowest BCUT2D eigenvalue weighted by Crippen LogP contribution is -2.55. The lowest BCUT2D eigenvalue weighted by molar-refractivity contribution is -0.147. The molecule has 0 aromatic rings. The smallest absolute Gasteiger partial charge is 0.328 e. The van der Waals surface area contributed by atoms with E-state index in [4.69, 9.17) is 10.8 Å². The van der Waals surface area contributed by atoms with E-state index in [0.717, 1.165) is 12.8 Å². The molecule has 1 aliphatic rings. The maximum atomic E-state index is 12.3. The highest BCUT2D eigenvalue weighted by Crippen LogP contribution is 2.38. The van der Waals surface area contributed by atoms with Crippen LogP contribution in [0.2, 0.25) is 0 Å². The molecule has 6 nitrogen and oxygen atoms in total. The molecular weight excluding hydrogens is 248 g/mol. The van der Waals surface area contributed by atoms with Crippen LogP contribution in [0.15, 0.2) is 0 Å². The van der Waals surface area contributed by atoms with Crippen molar-refractivity contribution in [1.82, 2.24) is 5.32 Å². The fourth-order valence-electron chi connectivity index (χ4n) is 2.52. The van der Waals surface area contributed by atoms with Gasteiger partial charge in [0.1, 0.15) is 0 Å². The Hall–Kier alpha value is -1.14. The van der Waals surface area contributed by atoms with Crippen LogP contribution in [-0.4, -0.2) is 40.8 Å². The minimum Gasteiger partial charge on any atom is -0.480 e. The molecule has 5 N–H and O–H groups in total. The number of hydrogen-bond acceptors (Lipinski definition) is 4. The number of aliphatic hydroxyl groups excluding tert-OH is 1. The maximum absolute atomic E-state index is 12.3. The van der Waals surface area contributed by atoms with Crippen LogP contribution in [0.4, 0.5) is 0 Å². The number of hydrogen-bond donors (Lipinski definition) is 4. The summed E-state index contributed by atoms with van der Waals surface area (Å²) in [4.78, 5) is 23.3. The Kier molecular flexibility index (Phi) is 5.31. The van der Waals surface area contributed by atoms with E-state index in [1.54, 1.807) is 0 Å². The van der Waals surface area contributed by atoms with E-state index < -0.39 is 23.5 Å². The second-order valence-corrected chi connectivity index (χ2v) is 5.70. The Morgan fingerprint density at radius 3 is 2.32 bits per heavy atom. The van der Waals surface area contributed by atoms with Crippen molar-refractivity contribution < 1.29 is 19.8 Å². The van der Waals surface area contributed by atoms with Gasteiger partial charge in [-0.1, -0.05) is 6.92 Å². The van der Waals surface area contributed by atoms with Gasteiger partial charge in [0.05, 0.1) is 11.5 Å². The van der Waals surface area contributed by atoms with Crippen molar-refractivity contribution in [2.75, 3.05) is 6.54 Å². The Balaban J connectivity index is 2.76. The van der Waals surface area contributed by atoms with E-state index in [1.165, 1.54) is 6.92 Å². The molecule has 0 spiro atoms. The summed E-state index contributed by atoms with van der Waals surface area (Å²) < 4.78 is 0. The normalized spacial score (nSPS) is 30.4. The van der Waals surface area contributed by atoms with Gasteiger partial charge in [-0.2, -0.15) is 0 Å². The first kappa shape index (κ1) is 15.9. The first-order valence-corrected chi connectivity index (χ1v) is 6.74. The number of nitrogens with two attached hydrogens (primary N) is 1. The first-order valence-electron chi connectivity index (χ1n) is 6.74. The number of aliphatic carboxylic acids is 1. The number of carboxylic acid groups (broad SMARTS) is 1. The van der Waals surface area contributed by atoms with E-state index in [2.05, 4.69) is 12.2 Å². The van der Waals surface area contributed by atoms with Gasteiger partial charge in [0.2, 0.25) is 5.91 Å². The van der Waals surface area contributed by atoms with Crippen molar-refractivity contribution in [3.05, 3.63) is 0 Å². The summed E-state index contributed by atoms with van der Waals surface area (Å²) in [5.41, 5.74) is 5.06. The molecule has 1 saturated carbocycles. The molecule has 0 bridgehead atoms. The summed E-state index contributed by atoms with van der Waals surface area (Å²) in [6.45, 7) is 3.68. The molecule has 0 heterocycles. The van der Waals surface area contributed by atoms with Gasteiger partial charge in [-0.15, -0.1) is 0 Å². The molecule has 0 aromatic heterocycles. The third-order valence-corrected chi connectivity index (χ3v) is 4.14. The Labute approximate surface area is 113 Å². The van der Waals surface area contributed by atoms with Gasteiger partial charge in [0.15, 0.2) is 6.04 Å². The second kappa shape index (κ2) is 6.34. The summed E-state index contributed by atoms with van der Waals surface area (Å²) in [6, 6.07) is -1.28. The molecule has 1 aliphatic carbocycles. The summed E-state index contributed by atoms with van der Waals surface area (Å²) in [6.07, 6.45) is 2.03. The molecule has 6 heteroatoms. The van der Waals surface area contributed by atoms with Crippen LogP contribution in [0.1, 0.15) is 39.5 Å². The molecule has 0 radical (unpaired) electrons. The summed E-state index contributed by atoms with van der Waals surface area (Å²) in [7, 11) is 0. The Morgan fingerprint density at radius 2 is 1.95 bits per heavy atom. The van der Waals surface area contributed by atoms with Crippen molar-refractivity contribution in [1.29, 1.82) is 0 Å². The zero-order valence-electron chi connectivity index (χ0n) is 11.6. The predicted molar refractivity (Wildman–Crippen MR) is 70.4 cm³/mol. The quantitative estimate of drug-likeness (QED) is 0.566. The van der Waals surface area contributed by atoms with Crippen LogP contribution < -0.4 is 11.1 Å². The molecular formula is C13H24N2O4. The van der Waals surface area contributed by atoms with E-state index in [-0.39, 0.29) is 12.5 Å². The third kappa shape index (κ3) is 3.67. The van der Waals surface area contributed by atoms with Crippen LogP contribution in [0, 0.1) is 11.3 Å². The number of carbonyl (C=O) groups is 2. The van der Waals surface area contributed by atoms with Crippen LogP contribution in [-0.2, 0) is 9.59 Å². The van der Waals surface area contributed by atoms with Gasteiger partial charge in [0, 0.05) is 6.54 Å². The number of carbonyl (C=O) groups excluding carboxylic acids is 1. The number of amides is 1. The highest BCUT2D eigenvalue weighted by Gasteiger charge is 2.41. The zero-order chi connectivity index (χ0) is 14.6. The monoisotopic (exact) mass is 272 g/mol. The molecule has 1 rings (SSSR count). The minimum absolute atomic E-state index is 0.206. The van der Waals surface area contributed by atoms with Gasteiger partial charge in [-0.3, -0.25) is 4.79 Å². The minimum atomic E-state index is -1.28. The standard InChI is InChI=1S/C13H24N2O4/c1-8-3-5-13(7-14,6-4-8)12(19)15-10(9(2)16)11(17)18/h8-10,16H,3-7,14H2,1-2H3,(H,15,19)(H,17,18). The van der Waals surface area contributed by atoms with Gasteiger partial charge >= 0.3 is 5.97 Å². The summed E-state index contributed by atoms with van der Waals surface area (Å²) in [5, 5.41) is 20.8. The van der Waals surface area contributed by atoms with E-state index >= 15 is 0 Å². The van der Waals surface area contributed by atoms with Crippen LogP contribution in [0.3, 0.4) is 0 Å². The molecule has 0 aromatic carbocycles.